The van der Waals surface area contributed by atoms with E-state index in [2.05, 4.69) is 54.6 Å². The molecule has 1 aliphatic carbocycles. The van der Waals surface area contributed by atoms with E-state index in [9.17, 15) is 0 Å². The number of nitrogens with one attached hydrogen (secondary N) is 2. The highest BCUT2D eigenvalue weighted by Crippen LogP contribution is 2.32. The number of nitrogens with zero attached hydrogens (tertiary/aromatic N) is 3. The van der Waals surface area contributed by atoms with Gasteiger partial charge in [-0.1, -0.05) is 44.0 Å². The number of hydrogen-bond acceptors (Lipinski definition) is 6. The molecule has 1 aromatic heterocycles. The van der Waals surface area contributed by atoms with Crippen LogP contribution in [-0.4, -0.2) is 43.8 Å². The maximum atomic E-state index is 5.56. The van der Waals surface area contributed by atoms with E-state index in [4.69, 9.17) is 14.7 Å². The quantitative estimate of drug-likeness (QED) is 0.343. The Morgan fingerprint density at radius 2 is 1.82 bits per heavy atom. The molecule has 3 aromatic rings. The van der Waals surface area contributed by atoms with Crippen LogP contribution in [0.4, 0.5) is 11.8 Å². The van der Waals surface area contributed by atoms with Crippen molar-refractivity contribution in [3.8, 4) is 5.75 Å². The summed E-state index contributed by atoms with van der Waals surface area (Å²) in [5, 5.41) is 8.31. The molecule has 0 unspecified atom stereocenters. The molecule has 33 heavy (non-hydrogen) atoms. The first-order valence-corrected chi connectivity index (χ1v) is 13.0. The van der Waals surface area contributed by atoms with Gasteiger partial charge in [0.1, 0.15) is 11.6 Å². The highest BCUT2D eigenvalue weighted by Gasteiger charge is 2.22. The summed E-state index contributed by atoms with van der Waals surface area (Å²) in [5.74, 6) is 3.19. The summed E-state index contributed by atoms with van der Waals surface area (Å²) in [5.41, 5.74) is 2.13. The summed E-state index contributed by atoms with van der Waals surface area (Å²) in [6, 6.07) is 12.8. The second kappa shape index (κ2) is 11.0. The van der Waals surface area contributed by atoms with Crippen LogP contribution in [0.5, 0.6) is 5.75 Å². The van der Waals surface area contributed by atoms with E-state index in [1.54, 1.807) is 7.11 Å². The zero-order chi connectivity index (χ0) is 23.4. The average molecular weight is 577 g/mol. The van der Waals surface area contributed by atoms with Gasteiger partial charge in [0.15, 0.2) is 0 Å². The van der Waals surface area contributed by atoms with Crippen molar-refractivity contribution in [3.05, 3.63) is 50.9 Å². The molecule has 2 N–H and O–H groups in total. The number of benzene rings is 2. The summed E-state index contributed by atoms with van der Waals surface area (Å²) in [6.45, 7) is 1.70. The van der Waals surface area contributed by atoms with Crippen molar-refractivity contribution in [1.29, 1.82) is 0 Å². The van der Waals surface area contributed by atoms with Gasteiger partial charge in [-0.2, -0.15) is 4.98 Å². The Hall–Kier alpha value is -1.90. The highest BCUT2D eigenvalue weighted by atomic mass is 79.9. The second-order valence-electron chi connectivity index (χ2n) is 8.83. The Kier molecular flexibility index (Phi) is 8.09. The van der Waals surface area contributed by atoms with Crippen LogP contribution in [0.25, 0.3) is 10.9 Å². The van der Waals surface area contributed by atoms with Crippen LogP contribution in [0.3, 0.4) is 0 Å². The number of anilines is 2. The molecule has 176 valence electrons. The van der Waals surface area contributed by atoms with Crippen LogP contribution in [0.2, 0.25) is 0 Å². The van der Waals surface area contributed by atoms with Gasteiger partial charge in [-0.3, -0.25) is 0 Å². The standard InChI is InChI=1S/C25H31Br2N5O/c1-32(2)24-19-6-4-5-7-22(19)30-25(31-24)29-14-16-8-10-18(11-9-16)28-15-20-21(27)12-17(26)13-23(20)33-3/h4-7,12-13,16,18,28H,8-11,14-15H2,1-3H3,(H,29,30,31)/t16-,18+. The Labute approximate surface area is 212 Å². The van der Waals surface area contributed by atoms with E-state index < -0.39 is 0 Å². The van der Waals surface area contributed by atoms with E-state index in [1.165, 1.54) is 25.7 Å². The first-order valence-electron chi connectivity index (χ1n) is 11.4. The molecule has 1 aliphatic rings. The minimum absolute atomic E-state index is 0.527. The lowest BCUT2D eigenvalue weighted by Crippen LogP contribution is -2.34. The minimum Gasteiger partial charge on any atom is -0.496 e. The molecule has 0 amide bonds. The first-order chi connectivity index (χ1) is 15.9. The molecule has 0 radical (unpaired) electrons. The van der Waals surface area contributed by atoms with Crippen LogP contribution in [0, 0.1) is 5.92 Å². The summed E-state index contributed by atoms with van der Waals surface area (Å²) < 4.78 is 7.64. The number of fused-ring (bicyclic) bond motifs is 1. The molecule has 0 spiro atoms. The zero-order valence-electron chi connectivity index (χ0n) is 19.4. The Bertz CT molecular complexity index is 1100. The van der Waals surface area contributed by atoms with Crippen LogP contribution in [0.1, 0.15) is 31.2 Å². The van der Waals surface area contributed by atoms with Gasteiger partial charge in [-0.15, -0.1) is 0 Å². The van der Waals surface area contributed by atoms with Crippen molar-refractivity contribution in [2.45, 2.75) is 38.3 Å². The lowest BCUT2D eigenvalue weighted by molar-refractivity contribution is 0.298. The van der Waals surface area contributed by atoms with Crippen molar-refractivity contribution in [2.75, 3.05) is 38.0 Å². The lowest BCUT2D eigenvalue weighted by Gasteiger charge is -2.29. The average Bonchev–Trinajstić information content (AvgIpc) is 2.81. The highest BCUT2D eigenvalue weighted by molar-refractivity contribution is 9.11. The van der Waals surface area contributed by atoms with E-state index in [1.807, 2.05) is 43.3 Å². The van der Waals surface area contributed by atoms with Crippen molar-refractivity contribution in [1.82, 2.24) is 15.3 Å². The van der Waals surface area contributed by atoms with Crippen LogP contribution in [-0.2, 0) is 6.54 Å². The SMILES string of the molecule is COc1cc(Br)cc(Br)c1CN[C@H]1CC[C@@H](CNc2nc(N(C)C)c3ccccc3n2)CC1. The fourth-order valence-electron chi connectivity index (χ4n) is 4.47. The van der Waals surface area contributed by atoms with Gasteiger partial charge in [0.05, 0.1) is 12.6 Å². The Balaban J connectivity index is 1.30. The van der Waals surface area contributed by atoms with Gasteiger partial charge < -0.3 is 20.3 Å². The normalized spacial score (nSPS) is 18.3. The van der Waals surface area contributed by atoms with E-state index in [0.717, 1.165) is 50.1 Å². The largest absolute Gasteiger partial charge is 0.496 e. The van der Waals surface area contributed by atoms with Gasteiger partial charge in [-0.05, 0) is 55.9 Å². The van der Waals surface area contributed by atoms with Crippen LogP contribution < -0.4 is 20.3 Å². The molecular weight excluding hydrogens is 546 g/mol. The lowest BCUT2D eigenvalue weighted by atomic mass is 9.86. The van der Waals surface area contributed by atoms with E-state index in [-0.39, 0.29) is 0 Å². The van der Waals surface area contributed by atoms with Gasteiger partial charge in [-0.25, -0.2) is 4.98 Å². The van der Waals surface area contributed by atoms with E-state index >= 15 is 0 Å². The number of ether oxygens (including phenoxy) is 1. The van der Waals surface area contributed by atoms with Crippen molar-refractivity contribution < 1.29 is 4.74 Å². The topological polar surface area (TPSA) is 62.3 Å². The molecule has 4 rings (SSSR count). The third-order valence-electron chi connectivity index (χ3n) is 6.31. The van der Waals surface area contributed by atoms with Gasteiger partial charge >= 0.3 is 0 Å². The van der Waals surface area contributed by atoms with Crippen LogP contribution >= 0.6 is 31.9 Å². The number of methoxy groups -OCH3 is 1. The van der Waals surface area contributed by atoms with Gasteiger partial charge in [0.2, 0.25) is 5.95 Å². The summed E-state index contributed by atoms with van der Waals surface area (Å²) in [4.78, 5) is 11.5. The zero-order valence-corrected chi connectivity index (χ0v) is 22.5. The number of halogens is 2. The number of para-hydroxylation sites is 1. The molecule has 0 bridgehead atoms. The first kappa shape index (κ1) is 24.2. The Morgan fingerprint density at radius 1 is 1.06 bits per heavy atom. The number of aromatic nitrogens is 2. The maximum Gasteiger partial charge on any atom is 0.225 e. The fourth-order valence-corrected chi connectivity index (χ4v) is 5.79. The molecule has 1 heterocycles. The number of rotatable bonds is 8. The molecule has 6 nitrogen and oxygen atoms in total. The van der Waals surface area contributed by atoms with Crippen molar-refractivity contribution in [2.24, 2.45) is 5.92 Å². The summed E-state index contributed by atoms with van der Waals surface area (Å²) >= 11 is 7.20. The predicted octanol–water partition coefficient (Wildman–Crippen LogP) is 5.99. The fraction of sp³-hybridized carbons (Fsp3) is 0.440. The van der Waals surface area contributed by atoms with Crippen LogP contribution in [0.15, 0.2) is 45.3 Å². The molecule has 0 aliphatic heterocycles. The van der Waals surface area contributed by atoms with E-state index in [0.29, 0.717) is 17.9 Å². The molecule has 0 atom stereocenters. The molecule has 0 saturated heterocycles. The number of hydrogen-bond donors (Lipinski definition) is 2. The predicted molar refractivity (Wildman–Crippen MR) is 143 cm³/mol. The molecule has 1 fully saturated rings. The maximum absolute atomic E-state index is 5.56. The van der Waals surface area contributed by atoms with Crippen molar-refractivity contribution in [3.63, 3.8) is 0 Å². The van der Waals surface area contributed by atoms with Gasteiger partial charge in [0, 0.05) is 53.1 Å². The smallest absolute Gasteiger partial charge is 0.225 e. The summed E-state index contributed by atoms with van der Waals surface area (Å²) in [6.07, 6.45) is 4.73. The van der Waals surface area contributed by atoms with Gasteiger partial charge in [0.25, 0.3) is 0 Å². The minimum atomic E-state index is 0.527. The molecule has 2 aromatic carbocycles. The molecular formula is C25H31Br2N5O. The molecule has 8 heteroatoms. The Morgan fingerprint density at radius 3 is 2.55 bits per heavy atom. The second-order valence-corrected chi connectivity index (χ2v) is 10.6. The third-order valence-corrected chi connectivity index (χ3v) is 7.47. The monoisotopic (exact) mass is 575 g/mol. The summed E-state index contributed by atoms with van der Waals surface area (Å²) in [7, 11) is 5.77. The third kappa shape index (κ3) is 5.97. The van der Waals surface area contributed by atoms with Crippen molar-refractivity contribution >= 4 is 54.5 Å². The molecule has 1 saturated carbocycles.